The van der Waals surface area contributed by atoms with Crippen LogP contribution in [0.4, 0.5) is 10.1 Å². The highest BCUT2D eigenvalue weighted by molar-refractivity contribution is 6.32. The lowest BCUT2D eigenvalue weighted by Crippen LogP contribution is -2.07. The molecule has 0 saturated heterocycles. The Morgan fingerprint density at radius 2 is 1.71 bits per heavy atom. The van der Waals surface area contributed by atoms with Crippen LogP contribution in [0.5, 0.6) is 11.5 Å². The molecule has 0 aromatic heterocycles. The highest BCUT2D eigenvalue weighted by atomic mass is 35.5. The Morgan fingerprint density at radius 3 is 2.29 bits per heavy atom. The molecule has 0 heterocycles. The Kier molecular flexibility index (Phi) is 4.91. The fraction of sp³-hybridized carbons (Fsp3) is 0.250. The standard InChI is InChI=1S/C16H17ClFNO2/c1-10(11-4-6-16(21-3)14(18)8-11)19-12-5-7-15(20-2)13(17)9-12/h4-10,19H,1-3H3. The zero-order valence-corrected chi connectivity index (χ0v) is 12.9. The third-order valence-corrected chi connectivity index (χ3v) is 3.51. The van der Waals surface area contributed by atoms with Crippen LogP contribution >= 0.6 is 11.6 Å². The number of nitrogens with one attached hydrogen (secondary N) is 1. The Morgan fingerprint density at radius 1 is 1.05 bits per heavy atom. The van der Waals surface area contributed by atoms with Gasteiger partial charge in [-0.05, 0) is 42.8 Å². The second kappa shape index (κ2) is 6.68. The van der Waals surface area contributed by atoms with Crippen molar-refractivity contribution in [3.05, 3.63) is 52.8 Å². The van der Waals surface area contributed by atoms with Crippen molar-refractivity contribution in [1.82, 2.24) is 0 Å². The smallest absolute Gasteiger partial charge is 0.165 e. The molecule has 0 aliphatic carbocycles. The van der Waals surface area contributed by atoms with Crippen molar-refractivity contribution in [2.24, 2.45) is 0 Å². The minimum atomic E-state index is -0.378. The predicted octanol–water partition coefficient (Wildman–Crippen LogP) is 4.67. The fourth-order valence-corrected chi connectivity index (χ4v) is 2.30. The maximum atomic E-state index is 13.7. The van der Waals surface area contributed by atoms with Crippen LogP contribution in [0.3, 0.4) is 0 Å². The lowest BCUT2D eigenvalue weighted by Gasteiger charge is -2.17. The summed E-state index contributed by atoms with van der Waals surface area (Å²) >= 11 is 6.08. The molecular formula is C16H17ClFNO2. The van der Waals surface area contributed by atoms with E-state index in [-0.39, 0.29) is 17.6 Å². The zero-order chi connectivity index (χ0) is 15.4. The largest absolute Gasteiger partial charge is 0.495 e. The van der Waals surface area contributed by atoms with Gasteiger partial charge in [0.1, 0.15) is 5.75 Å². The number of methoxy groups -OCH3 is 2. The van der Waals surface area contributed by atoms with Crippen LogP contribution in [0.25, 0.3) is 0 Å². The van der Waals surface area contributed by atoms with Gasteiger partial charge in [-0.2, -0.15) is 0 Å². The molecule has 112 valence electrons. The molecule has 3 nitrogen and oxygen atoms in total. The lowest BCUT2D eigenvalue weighted by atomic mass is 10.1. The van der Waals surface area contributed by atoms with Gasteiger partial charge in [0.2, 0.25) is 0 Å². The van der Waals surface area contributed by atoms with Crippen molar-refractivity contribution in [2.75, 3.05) is 19.5 Å². The maximum absolute atomic E-state index is 13.7. The van der Waals surface area contributed by atoms with E-state index in [1.807, 2.05) is 19.1 Å². The van der Waals surface area contributed by atoms with Crippen LogP contribution in [-0.2, 0) is 0 Å². The molecule has 21 heavy (non-hydrogen) atoms. The van der Waals surface area contributed by atoms with E-state index in [0.29, 0.717) is 10.8 Å². The minimum Gasteiger partial charge on any atom is -0.495 e. The number of anilines is 1. The van der Waals surface area contributed by atoms with Gasteiger partial charge < -0.3 is 14.8 Å². The van der Waals surface area contributed by atoms with Crippen molar-refractivity contribution in [3.63, 3.8) is 0 Å². The number of halogens is 2. The summed E-state index contributed by atoms with van der Waals surface area (Å²) in [7, 11) is 3.01. The summed E-state index contributed by atoms with van der Waals surface area (Å²) in [6.07, 6.45) is 0. The molecule has 0 aliphatic heterocycles. The fourth-order valence-electron chi connectivity index (χ4n) is 2.04. The predicted molar refractivity (Wildman–Crippen MR) is 83.0 cm³/mol. The molecule has 0 saturated carbocycles. The molecule has 2 aromatic rings. The van der Waals surface area contributed by atoms with E-state index in [1.54, 1.807) is 25.3 Å². The number of hydrogen-bond acceptors (Lipinski definition) is 3. The number of hydrogen-bond donors (Lipinski definition) is 1. The van der Waals surface area contributed by atoms with Crippen molar-refractivity contribution in [2.45, 2.75) is 13.0 Å². The average Bonchev–Trinajstić information content (AvgIpc) is 2.47. The van der Waals surface area contributed by atoms with Crippen molar-refractivity contribution in [3.8, 4) is 11.5 Å². The molecule has 1 unspecified atom stereocenters. The van der Waals surface area contributed by atoms with Crippen LogP contribution in [0.1, 0.15) is 18.5 Å². The maximum Gasteiger partial charge on any atom is 0.165 e. The first-order valence-electron chi connectivity index (χ1n) is 6.48. The Labute approximate surface area is 128 Å². The SMILES string of the molecule is COc1ccc(C(C)Nc2ccc(OC)c(Cl)c2)cc1F. The van der Waals surface area contributed by atoms with Crippen molar-refractivity contribution < 1.29 is 13.9 Å². The first-order valence-corrected chi connectivity index (χ1v) is 6.86. The molecule has 1 atom stereocenters. The summed E-state index contributed by atoms with van der Waals surface area (Å²) in [5.74, 6) is 0.472. The van der Waals surface area contributed by atoms with E-state index in [1.165, 1.54) is 13.2 Å². The Bertz CT molecular complexity index is 634. The van der Waals surface area contributed by atoms with Gasteiger partial charge in [0, 0.05) is 11.7 Å². The second-order valence-corrected chi connectivity index (χ2v) is 5.02. The molecule has 0 fully saturated rings. The van der Waals surface area contributed by atoms with Gasteiger partial charge in [-0.1, -0.05) is 17.7 Å². The normalized spacial score (nSPS) is 11.9. The number of rotatable bonds is 5. The van der Waals surface area contributed by atoms with Crippen LogP contribution in [0, 0.1) is 5.82 Å². The van der Waals surface area contributed by atoms with E-state index < -0.39 is 0 Å². The summed E-state index contributed by atoms with van der Waals surface area (Å²) in [4.78, 5) is 0. The van der Waals surface area contributed by atoms with Crippen LogP contribution in [0.15, 0.2) is 36.4 Å². The summed E-state index contributed by atoms with van der Waals surface area (Å²) in [5.41, 5.74) is 1.66. The molecule has 0 bridgehead atoms. The highest BCUT2D eigenvalue weighted by Gasteiger charge is 2.10. The molecule has 5 heteroatoms. The molecule has 0 amide bonds. The zero-order valence-electron chi connectivity index (χ0n) is 12.1. The van der Waals surface area contributed by atoms with E-state index in [2.05, 4.69) is 5.32 Å². The van der Waals surface area contributed by atoms with E-state index >= 15 is 0 Å². The quantitative estimate of drug-likeness (QED) is 0.870. The van der Waals surface area contributed by atoms with Gasteiger partial charge in [-0.3, -0.25) is 0 Å². The molecule has 0 radical (unpaired) electrons. The molecule has 2 aromatic carbocycles. The monoisotopic (exact) mass is 309 g/mol. The van der Waals surface area contributed by atoms with Gasteiger partial charge in [-0.15, -0.1) is 0 Å². The lowest BCUT2D eigenvalue weighted by molar-refractivity contribution is 0.386. The summed E-state index contributed by atoms with van der Waals surface area (Å²) < 4.78 is 23.7. The van der Waals surface area contributed by atoms with E-state index in [0.717, 1.165) is 11.3 Å². The average molecular weight is 310 g/mol. The minimum absolute atomic E-state index is 0.0742. The molecular weight excluding hydrogens is 293 g/mol. The third-order valence-electron chi connectivity index (χ3n) is 3.21. The van der Waals surface area contributed by atoms with Crippen molar-refractivity contribution in [1.29, 1.82) is 0 Å². The molecule has 2 rings (SSSR count). The van der Waals surface area contributed by atoms with Gasteiger partial charge in [0.15, 0.2) is 11.6 Å². The molecule has 1 N–H and O–H groups in total. The van der Waals surface area contributed by atoms with Gasteiger partial charge in [0.25, 0.3) is 0 Å². The van der Waals surface area contributed by atoms with Gasteiger partial charge >= 0.3 is 0 Å². The van der Waals surface area contributed by atoms with Crippen LogP contribution in [0.2, 0.25) is 5.02 Å². The summed E-state index contributed by atoms with van der Waals surface area (Å²) in [6, 6.07) is 10.2. The van der Waals surface area contributed by atoms with Gasteiger partial charge in [-0.25, -0.2) is 4.39 Å². The first-order chi connectivity index (χ1) is 10.0. The van der Waals surface area contributed by atoms with E-state index in [9.17, 15) is 4.39 Å². The molecule has 0 aliphatic rings. The Hall–Kier alpha value is -1.94. The van der Waals surface area contributed by atoms with Crippen molar-refractivity contribution >= 4 is 17.3 Å². The third kappa shape index (κ3) is 3.58. The highest BCUT2D eigenvalue weighted by Crippen LogP contribution is 2.30. The second-order valence-electron chi connectivity index (χ2n) is 4.61. The first kappa shape index (κ1) is 15.4. The summed E-state index contributed by atoms with van der Waals surface area (Å²) in [5, 5.41) is 3.79. The summed E-state index contributed by atoms with van der Waals surface area (Å²) in [6.45, 7) is 1.94. The van der Waals surface area contributed by atoms with Crippen LogP contribution < -0.4 is 14.8 Å². The van der Waals surface area contributed by atoms with E-state index in [4.69, 9.17) is 21.1 Å². The molecule has 0 spiro atoms. The Balaban J connectivity index is 2.15. The number of ether oxygens (including phenoxy) is 2. The number of benzene rings is 2. The van der Waals surface area contributed by atoms with Gasteiger partial charge in [0.05, 0.1) is 19.2 Å². The van der Waals surface area contributed by atoms with Crippen LogP contribution in [-0.4, -0.2) is 14.2 Å². The topological polar surface area (TPSA) is 30.5 Å².